The largest absolute Gasteiger partial charge is 0.490 e. The van der Waals surface area contributed by atoms with Crippen LogP contribution in [0.25, 0.3) is 0 Å². The number of amides is 1. The number of hydrogen-bond donors (Lipinski definition) is 2. The van der Waals surface area contributed by atoms with Gasteiger partial charge in [0.25, 0.3) is 5.91 Å². The zero-order chi connectivity index (χ0) is 37.7. The second-order valence-corrected chi connectivity index (χ2v) is 15.0. The second kappa shape index (κ2) is 35.6. The lowest BCUT2D eigenvalue weighted by atomic mass is 10.1. The molecule has 0 fully saturated rings. The number of nitrogens with one attached hydrogen (secondary N) is 1. The van der Waals surface area contributed by atoms with Crippen LogP contribution in [0.1, 0.15) is 224 Å². The van der Waals surface area contributed by atoms with Gasteiger partial charge >= 0.3 is 5.97 Å². The van der Waals surface area contributed by atoms with Gasteiger partial charge in [-0.1, -0.05) is 194 Å². The van der Waals surface area contributed by atoms with Crippen molar-refractivity contribution in [3.63, 3.8) is 0 Å². The van der Waals surface area contributed by atoms with Crippen LogP contribution in [0.4, 0.5) is 0 Å². The maximum Gasteiger partial charge on any atom is 0.322 e. The van der Waals surface area contributed by atoms with Gasteiger partial charge in [0.2, 0.25) is 5.75 Å². The van der Waals surface area contributed by atoms with Crippen LogP contribution in [-0.4, -0.2) is 43.3 Å². The Kier molecular flexibility index (Phi) is 32.6. The Hall–Kier alpha value is -2.44. The number of carboxylic acid groups (broad SMARTS) is 1. The summed E-state index contributed by atoms with van der Waals surface area (Å²) < 4.78 is 19.0. The third-order valence-electron chi connectivity index (χ3n) is 9.94. The van der Waals surface area contributed by atoms with Crippen molar-refractivity contribution >= 4 is 11.9 Å². The van der Waals surface area contributed by atoms with Crippen molar-refractivity contribution in [1.82, 2.24) is 5.32 Å². The van der Waals surface area contributed by atoms with Gasteiger partial charge in [0.15, 0.2) is 11.5 Å². The number of unbranched alkanes of at least 4 members (excludes halogenated alkanes) is 27. The molecule has 0 aliphatic carbocycles. The van der Waals surface area contributed by atoms with E-state index in [-0.39, 0.29) is 0 Å². The minimum Gasteiger partial charge on any atom is -0.490 e. The molecule has 1 rings (SSSR count). The van der Waals surface area contributed by atoms with E-state index in [2.05, 4.69) is 26.1 Å². The standard InChI is InChI=1S/C45H81NO6/c1-4-7-10-13-16-19-22-25-28-31-34-50-41-37-40(45(49)46-39-43(47)48)38-42(51-35-32-29-26-23-20-17-14-11-8-5-2)44(41)52-36-33-30-27-24-21-18-15-12-9-6-3/h37-38H,4-36,39H2,1-3H3,(H,46,49)(H,47,48). The number of carbonyl (C=O) groups excluding carboxylic acids is 1. The Morgan fingerprint density at radius 1 is 0.462 bits per heavy atom. The average Bonchev–Trinajstić information content (AvgIpc) is 3.14. The van der Waals surface area contributed by atoms with Crippen LogP contribution in [0, 0.1) is 0 Å². The van der Waals surface area contributed by atoms with E-state index in [4.69, 9.17) is 19.3 Å². The lowest BCUT2D eigenvalue weighted by molar-refractivity contribution is -0.135. The average molecular weight is 732 g/mol. The maximum absolute atomic E-state index is 13.0. The number of hydrogen-bond acceptors (Lipinski definition) is 5. The molecule has 0 spiro atoms. The van der Waals surface area contributed by atoms with E-state index in [1.54, 1.807) is 12.1 Å². The quantitative estimate of drug-likeness (QED) is 0.0655. The maximum atomic E-state index is 13.0. The molecule has 0 aromatic heterocycles. The number of aliphatic carboxylic acids is 1. The van der Waals surface area contributed by atoms with Gasteiger partial charge in [-0.2, -0.15) is 0 Å². The molecule has 1 aromatic rings. The lowest BCUT2D eigenvalue weighted by Gasteiger charge is -2.19. The fraction of sp³-hybridized carbons (Fsp3) is 0.822. The summed E-state index contributed by atoms with van der Waals surface area (Å²) in [7, 11) is 0. The zero-order valence-electron chi connectivity index (χ0n) is 34.2. The summed E-state index contributed by atoms with van der Waals surface area (Å²) in [5, 5.41) is 11.6. The van der Waals surface area contributed by atoms with Gasteiger partial charge in [-0.25, -0.2) is 0 Å². The predicted octanol–water partition coefficient (Wildman–Crippen LogP) is 13.4. The van der Waals surface area contributed by atoms with E-state index in [9.17, 15) is 9.59 Å². The molecule has 7 nitrogen and oxygen atoms in total. The first-order valence-corrected chi connectivity index (χ1v) is 22.1. The van der Waals surface area contributed by atoms with Crippen molar-refractivity contribution in [2.45, 2.75) is 213 Å². The fourth-order valence-electron chi connectivity index (χ4n) is 6.63. The van der Waals surface area contributed by atoms with Crippen LogP contribution in [0.5, 0.6) is 17.2 Å². The van der Waals surface area contributed by atoms with Gasteiger partial charge < -0.3 is 24.6 Å². The molecule has 0 bridgehead atoms. The summed E-state index contributed by atoms with van der Waals surface area (Å²) in [6.45, 7) is 7.95. The Labute approximate surface area is 320 Å². The van der Waals surface area contributed by atoms with Crippen LogP contribution < -0.4 is 19.5 Å². The Bertz CT molecular complexity index is 936. The summed E-state index contributed by atoms with van der Waals surface area (Å²) in [5.41, 5.74) is 0.323. The first-order chi connectivity index (χ1) is 25.5. The Morgan fingerprint density at radius 3 is 1.06 bits per heavy atom. The summed E-state index contributed by atoms with van der Waals surface area (Å²) in [4.78, 5) is 24.2. The number of carboxylic acids is 1. The summed E-state index contributed by atoms with van der Waals surface area (Å²) in [6.07, 6.45) is 37.4. The third-order valence-corrected chi connectivity index (χ3v) is 9.94. The molecule has 302 valence electrons. The molecule has 0 saturated heterocycles. The highest BCUT2D eigenvalue weighted by molar-refractivity contribution is 5.97. The number of carbonyl (C=O) groups is 2. The van der Waals surface area contributed by atoms with Crippen molar-refractivity contribution in [2.24, 2.45) is 0 Å². The lowest BCUT2D eigenvalue weighted by Crippen LogP contribution is -2.29. The molecule has 0 aliphatic heterocycles. The summed E-state index contributed by atoms with van der Waals surface area (Å²) in [5.74, 6) is 0.0221. The molecule has 7 heteroatoms. The van der Waals surface area contributed by atoms with Crippen LogP contribution in [0.2, 0.25) is 0 Å². The molecule has 0 radical (unpaired) electrons. The molecule has 1 amide bonds. The SMILES string of the molecule is CCCCCCCCCCCCOc1cc(C(=O)NCC(=O)O)cc(OCCCCCCCCCCCC)c1OCCCCCCCCCCCC. The van der Waals surface area contributed by atoms with Gasteiger partial charge in [0.05, 0.1) is 19.8 Å². The molecule has 52 heavy (non-hydrogen) atoms. The van der Waals surface area contributed by atoms with E-state index in [0.717, 1.165) is 38.5 Å². The van der Waals surface area contributed by atoms with Crippen molar-refractivity contribution < 1.29 is 28.9 Å². The van der Waals surface area contributed by atoms with Gasteiger partial charge in [0, 0.05) is 5.56 Å². The normalized spacial score (nSPS) is 11.1. The third kappa shape index (κ3) is 27.2. The summed E-state index contributed by atoms with van der Waals surface area (Å²) >= 11 is 0. The van der Waals surface area contributed by atoms with Crippen molar-refractivity contribution in [3.05, 3.63) is 17.7 Å². The molecule has 0 unspecified atom stereocenters. The van der Waals surface area contributed by atoms with Crippen molar-refractivity contribution in [2.75, 3.05) is 26.4 Å². The van der Waals surface area contributed by atoms with Crippen molar-refractivity contribution in [3.8, 4) is 17.2 Å². The minimum atomic E-state index is -1.08. The highest BCUT2D eigenvalue weighted by atomic mass is 16.5. The first kappa shape index (κ1) is 47.6. The van der Waals surface area contributed by atoms with Crippen molar-refractivity contribution in [1.29, 1.82) is 0 Å². The highest BCUT2D eigenvalue weighted by Gasteiger charge is 2.19. The molecular formula is C45H81NO6. The smallest absolute Gasteiger partial charge is 0.322 e. The number of benzene rings is 1. The topological polar surface area (TPSA) is 94.1 Å². The van der Waals surface area contributed by atoms with Crippen LogP contribution >= 0.6 is 0 Å². The van der Waals surface area contributed by atoms with Crippen LogP contribution in [-0.2, 0) is 4.79 Å². The molecule has 2 N–H and O–H groups in total. The zero-order valence-corrected chi connectivity index (χ0v) is 34.2. The molecular weight excluding hydrogens is 650 g/mol. The van der Waals surface area contributed by atoms with Gasteiger partial charge in [-0.05, 0) is 31.4 Å². The van der Waals surface area contributed by atoms with E-state index < -0.39 is 18.4 Å². The first-order valence-electron chi connectivity index (χ1n) is 22.1. The Morgan fingerprint density at radius 2 is 0.750 bits per heavy atom. The second-order valence-electron chi connectivity index (χ2n) is 15.0. The monoisotopic (exact) mass is 732 g/mol. The van der Waals surface area contributed by atoms with E-state index >= 15 is 0 Å². The van der Waals surface area contributed by atoms with E-state index in [0.29, 0.717) is 42.6 Å². The number of ether oxygens (including phenoxy) is 3. The minimum absolute atomic E-state index is 0.323. The molecule has 0 saturated carbocycles. The van der Waals surface area contributed by atoms with E-state index in [1.165, 1.54) is 154 Å². The number of rotatable bonds is 39. The van der Waals surface area contributed by atoms with Gasteiger partial charge in [-0.15, -0.1) is 0 Å². The molecule has 0 heterocycles. The molecule has 0 atom stereocenters. The predicted molar refractivity (Wildman–Crippen MR) is 218 cm³/mol. The molecule has 0 aliphatic rings. The van der Waals surface area contributed by atoms with Crippen LogP contribution in [0.15, 0.2) is 12.1 Å². The van der Waals surface area contributed by atoms with Gasteiger partial charge in [0.1, 0.15) is 6.54 Å². The van der Waals surface area contributed by atoms with Gasteiger partial charge in [-0.3, -0.25) is 9.59 Å². The Balaban J connectivity index is 2.81. The highest BCUT2D eigenvalue weighted by Crippen LogP contribution is 2.40. The molecule has 1 aromatic carbocycles. The van der Waals surface area contributed by atoms with Crippen LogP contribution in [0.3, 0.4) is 0 Å². The van der Waals surface area contributed by atoms with E-state index in [1.807, 2.05) is 0 Å². The fourth-order valence-corrected chi connectivity index (χ4v) is 6.63. The summed E-state index contributed by atoms with van der Waals surface area (Å²) in [6, 6.07) is 3.38.